The van der Waals surface area contributed by atoms with Crippen molar-refractivity contribution >= 4 is 0 Å². The molecule has 0 aromatic carbocycles. The molecule has 0 aliphatic rings. The summed E-state index contributed by atoms with van der Waals surface area (Å²) < 4.78 is 5.37. The van der Waals surface area contributed by atoms with Crippen molar-refractivity contribution in [1.82, 2.24) is 10.2 Å². The molecule has 0 saturated heterocycles. The van der Waals surface area contributed by atoms with E-state index in [1.165, 1.54) is 0 Å². The zero-order chi connectivity index (χ0) is 9.36. The van der Waals surface area contributed by atoms with E-state index in [4.69, 9.17) is 9.84 Å². The Morgan fingerprint density at radius 1 is 1.31 bits per heavy atom. The third-order valence-electron chi connectivity index (χ3n) is 1.79. The molecule has 0 bridgehead atoms. The van der Waals surface area contributed by atoms with Gasteiger partial charge in [0, 0.05) is 6.61 Å². The van der Waals surface area contributed by atoms with E-state index >= 15 is 0 Å². The first-order chi connectivity index (χ1) is 6.43. The number of aliphatic hydroxyl groups is 1. The van der Waals surface area contributed by atoms with Gasteiger partial charge in [-0.2, -0.15) is 5.10 Å². The van der Waals surface area contributed by atoms with Gasteiger partial charge < -0.3 is 9.84 Å². The number of hydrogen-bond acceptors (Lipinski definition) is 3. The molecule has 4 nitrogen and oxygen atoms in total. The molecule has 1 aromatic heterocycles. The summed E-state index contributed by atoms with van der Waals surface area (Å²) in [5.41, 5.74) is 0. The first-order valence-corrected chi connectivity index (χ1v) is 4.66. The lowest BCUT2D eigenvalue weighted by Gasteiger charge is -2.01. The molecule has 74 valence electrons. The van der Waals surface area contributed by atoms with Gasteiger partial charge in [-0.3, -0.25) is 5.10 Å². The Morgan fingerprint density at radius 3 is 2.85 bits per heavy atom. The van der Waals surface area contributed by atoms with Gasteiger partial charge in [0.15, 0.2) is 5.75 Å². The van der Waals surface area contributed by atoms with Crippen LogP contribution in [0.5, 0.6) is 5.75 Å². The van der Waals surface area contributed by atoms with E-state index in [0.29, 0.717) is 6.61 Å². The van der Waals surface area contributed by atoms with Crippen molar-refractivity contribution in [3.63, 3.8) is 0 Å². The van der Waals surface area contributed by atoms with Crippen molar-refractivity contribution < 1.29 is 9.84 Å². The van der Waals surface area contributed by atoms with Gasteiger partial charge in [0.05, 0.1) is 19.0 Å². The summed E-state index contributed by atoms with van der Waals surface area (Å²) in [6.45, 7) is 1.02. The van der Waals surface area contributed by atoms with Crippen LogP contribution in [0.15, 0.2) is 12.4 Å². The summed E-state index contributed by atoms with van der Waals surface area (Å²) in [4.78, 5) is 0. The zero-order valence-corrected chi connectivity index (χ0v) is 7.70. The van der Waals surface area contributed by atoms with Crippen molar-refractivity contribution in [2.24, 2.45) is 0 Å². The average molecular weight is 184 g/mol. The van der Waals surface area contributed by atoms with Gasteiger partial charge in [0.2, 0.25) is 0 Å². The maximum Gasteiger partial charge on any atom is 0.156 e. The van der Waals surface area contributed by atoms with Gasteiger partial charge in [0.1, 0.15) is 0 Å². The van der Waals surface area contributed by atoms with Crippen molar-refractivity contribution in [1.29, 1.82) is 0 Å². The number of ether oxygens (including phenoxy) is 1. The molecule has 2 N–H and O–H groups in total. The third kappa shape index (κ3) is 4.52. The Morgan fingerprint density at radius 2 is 2.15 bits per heavy atom. The summed E-state index contributed by atoms with van der Waals surface area (Å²) in [5.74, 6) is 0.794. The lowest BCUT2D eigenvalue weighted by atomic mass is 10.2. The Kier molecular flexibility index (Phi) is 5.01. The number of H-pyrrole nitrogens is 1. The van der Waals surface area contributed by atoms with Crippen molar-refractivity contribution in [3.05, 3.63) is 12.4 Å². The quantitative estimate of drug-likeness (QED) is 0.629. The van der Waals surface area contributed by atoms with Gasteiger partial charge in [-0.15, -0.1) is 0 Å². The minimum absolute atomic E-state index is 0.294. The SMILES string of the molecule is OCCCCCCOc1cn[nH]c1. The smallest absolute Gasteiger partial charge is 0.156 e. The molecule has 0 unspecified atom stereocenters. The van der Waals surface area contributed by atoms with Crippen LogP contribution >= 0.6 is 0 Å². The van der Waals surface area contributed by atoms with E-state index in [1.54, 1.807) is 12.4 Å². The maximum atomic E-state index is 8.53. The Bertz CT molecular complexity index is 199. The average Bonchev–Trinajstić information content (AvgIpc) is 2.63. The highest BCUT2D eigenvalue weighted by molar-refractivity contribution is 5.09. The highest BCUT2D eigenvalue weighted by Crippen LogP contribution is 2.06. The monoisotopic (exact) mass is 184 g/mol. The molecule has 0 amide bonds. The van der Waals surface area contributed by atoms with E-state index in [9.17, 15) is 0 Å². The van der Waals surface area contributed by atoms with E-state index in [-0.39, 0.29) is 0 Å². The van der Waals surface area contributed by atoms with Gasteiger partial charge >= 0.3 is 0 Å². The molecule has 0 radical (unpaired) electrons. The topological polar surface area (TPSA) is 58.1 Å². The molecule has 0 aliphatic heterocycles. The summed E-state index contributed by atoms with van der Waals surface area (Å²) >= 11 is 0. The molecule has 1 aromatic rings. The number of rotatable bonds is 7. The highest BCUT2D eigenvalue weighted by atomic mass is 16.5. The number of aromatic amines is 1. The second-order valence-electron chi connectivity index (χ2n) is 2.92. The van der Waals surface area contributed by atoms with Crippen molar-refractivity contribution in [3.8, 4) is 5.75 Å². The molecule has 0 fully saturated rings. The Labute approximate surface area is 77.9 Å². The fourth-order valence-corrected chi connectivity index (χ4v) is 1.08. The number of aliphatic hydroxyl groups excluding tert-OH is 1. The van der Waals surface area contributed by atoms with Gasteiger partial charge in [-0.05, 0) is 19.3 Å². The van der Waals surface area contributed by atoms with Crippen molar-refractivity contribution in [2.45, 2.75) is 25.7 Å². The second-order valence-corrected chi connectivity index (χ2v) is 2.92. The molecule has 0 saturated carbocycles. The number of hydrogen-bond donors (Lipinski definition) is 2. The number of aromatic nitrogens is 2. The van der Waals surface area contributed by atoms with Gasteiger partial charge in [-0.25, -0.2) is 0 Å². The highest BCUT2D eigenvalue weighted by Gasteiger charge is 1.93. The van der Waals surface area contributed by atoms with Crippen LogP contribution in [0.1, 0.15) is 25.7 Å². The maximum absolute atomic E-state index is 8.53. The molecule has 1 heterocycles. The van der Waals surface area contributed by atoms with Gasteiger partial charge in [-0.1, -0.05) is 6.42 Å². The first-order valence-electron chi connectivity index (χ1n) is 4.66. The molecular formula is C9H16N2O2. The van der Waals surface area contributed by atoms with E-state index in [0.717, 1.165) is 38.0 Å². The molecule has 0 spiro atoms. The largest absolute Gasteiger partial charge is 0.490 e. The predicted octanol–water partition coefficient (Wildman–Crippen LogP) is 1.34. The lowest BCUT2D eigenvalue weighted by molar-refractivity contribution is 0.273. The van der Waals surface area contributed by atoms with Crippen LogP contribution in [0.3, 0.4) is 0 Å². The van der Waals surface area contributed by atoms with Crippen LogP contribution in [0, 0.1) is 0 Å². The number of nitrogens with one attached hydrogen (secondary N) is 1. The molecule has 0 atom stereocenters. The molecule has 1 rings (SSSR count). The van der Waals surface area contributed by atoms with Crippen LogP contribution < -0.4 is 4.74 Å². The standard InChI is InChI=1S/C9H16N2O2/c12-5-3-1-2-4-6-13-9-7-10-11-8-9/h7-8,12H,1-6H2,(H,10,11). The van der Waals surface area contributed by atoms with E-state index in [2.05, 4.69) is 10.2 Å². The summed E-state index contributed by atoms with van der Waals surface area (Å²) in [5, 5.41) is 15.0. The summed E-state index contributed by atoms with van der Waals surface area (Å²) in [7, 11) is 0. The number of nitrogens with zero attached hydrogens (tertiary/aromatic N) is 1. The normalized spacial score (nSPS) is 10.2. The van der Waals surface area contributed by atoms with E-state index in [1.807, 2.05) is 0 Å². The zero-order valence-electron chi connectivity index (χ0n) is 7.70. The second kappa shape index (κ2) is 6.48. The van der Waals surface area contributed by atoms with Crippen LogP contribution in [0.4, 0.5) is 0 Å². The minimum atomic E-state index is 0.294. The van der Waals surface area contributed by atoms with Crippen molar-refractivity contribution in [2.75, 3.05) is 13.2 Å². The minimum Gasteiger partial charge on any atom is -0.490 e. The molecule has 4 heteroatoms. The Balaban J connectivity index is 1.90. The van der Waals surface area contributed by atoms with Gasteiger partial charge in [0.25, 0.3) is 0 Å². The molecule has 13 heavy (non-hydrogen) atoms. The summed E-state index contributed by atoms with van der Waals surface area (Å²) in [6.07, 6.45) is 7.50. The van der Waals surface area contributed by atoms with Crippen LogP contribution in [-0.4, -0.2) is 28.5 Å². The fourth-order valence-electron chi connectivity index (χ4n) is 1.08. The Hall–Kier alpha value is -1.03. The summed E-state index contributed by atoms with van der Waals surface area (Å²) in [6, 6.07) is 0. The molecule has 0 aliphatic carbocycles. The number of unbranched alkanes of at least 4 members (excludes halogenated alkanes) is 3. The lowest BCUT2D eigenvalue weighted by Crippen LogP contribution is -1.96. The molecular weight excluding hydrogens is 168 g/mol. The third-order valence-corrected chi connectivity index (χ3v) is 1.79. The first kappa shape index (κ1) is 10.1. The van der Waals surface area contributed by atoms with Crippen LogP contribution in [0.2, 0.25) is 0 Å². The fraction of sp³-hybridized carbons (Fsp3) is 0.667. The predicted molar refractivity (Wildman–Crippen MR) is 49.6 cm³/mol. The van der Waals surface area contributed by atoms with Crippen LogP contribution in [-0.2, 0) is 0 Å². The van der Waals surface area contributed by atoms with E-state index < -0.39 is 0 Å². The van der Waals surface area contributed by atoms with Crippen LogP contribution in [0.25, 0.3) is 0 Å².